The quantitative estimate of drug-likeness (QED) is 0.771. The van der Waals surface area contributed by atoms with E-state index >= 15 is 0 Å². The first-order valence-corrected chi connectivity index (χ1v) is 11.4. The number of imidazole rings is 1. The van der Waals surface area contributed by atoms with Gasteiger partial charge in [0.2, 0.25) is 5.91 Å². The van der Waals surface area contributed by atoms with Gasteiger partial charge in [0.1, 0.15) is 6.10 Å². The molecule has 1 aromatic carbocycles. The van der Waals surface area contributed by atoms with Crippen molar-refractivity contribution in [2.45, 2.75) is 44.9 Å². The van der Waals surface area contributed by atoms with E-state index in [0.717, 1.165) is 17.8 Å². The van der Waals surface area contributed by atoms with E-state index in [2.05, 4.69) is 10.3 Å². The Labute approximate surface area is 186 Å². The van der Waals surface area contributed by atoms with E-state index in [4.69, 9.17) is 16.3 Å². The van der Waals surface area contributed by atoms with Crippen molar-refractivity contribution in [1.82, 2.24) is 19.8 Å². The summed E-state index contributed by atoms with van der Waals surface area (Å²) in [5.41, 5.74) is 2.34. The molecule has 3 heterocycles. The minimum atomic E-state index is -0.0909. The number of rotatable bonds is 5. The summed E-state index contributed by atoms with van der Waals surface area (Å²) in [5, 5.41) is 3.76. The molecule has 2 aliphatic heterocycles. The third-order valence-electron chi connectivity index (χ3n) is 6.59. The lowest BCUT2D eigenvalue weighted by Gasteiger charge is -2.31. The lowest BCUT2D eigenvalue weighted by Crippen LogP contribution is -2.43. The number of hydrogen-bond acceptors (Lipinski definition) is 4. The van der Waals surface area contributed by atoms with Crippen molar-refractivity contribution in [2.75, 3.05) is 19.6 Å². The zero-order valence-corrected chi connectivity index (χ0v) is 18.2. The van der Waals surface area contributed by atoms with Crippen molar-refractivity contribution < 1.29 is 14.3 Å². The second kappa shape index (κ2) is 8.63. The highest BCUT2D eigenvalue weighted by Crippen LogP contribution is 2.30. The molecule has 2 aromatic rings. The number of aromatic nitrogens is 2. The van der Waals surface area contributed by atoms with Gasteiger partial charge in [-0.05, 0) is 49.3 Å². The van der Waals surface area contributed by atoms with Crippen LogP contribution in [0.15, 0.2) is 30.6 Å². The molecule has 2 amide bonds. The number of hydrogen-bond donors (Lipinski definition) is 1. The molecule has 1 aliphatic carbocycles. The molecule has 0 bridgehead atoms. The molecule has 2 fully saturated rings. The molecule has 1 saturated carbocycles. The molecule has 0 radical (unpaired) electrons. The van der Waals surface area contributed by atoms with Crippen molar-refractivity contribution in [3.63, 3.8) is 0 Å². The van der Waals surface area contributed by atoms with Crippen molar-refractivity contribution in [3.05, 3.63) is 52.6 Å². The maximum absolute atomic E-state index is 13.1. The Balaban J connectivity index is 1.19. The molecule has 1 N–H and O–H groups in total. The lowest BCUT2D eigenvalue weighted by molar-refractivity contribution is -0.126. The van der Waals surface area contributed by atoms with Gasteiger partial charge in [0.15, 0.2) is 5.69 Å². The van der Waals surface area contributed by atoms with Crippen LogP contribution >= 0.6 is 11.6 Å². The van der Waals surface area contributed by atoms with E-state index < -0.39 is 0 Å². The number of piperidine rings is 1. The minimum Gasteiger partial charge on any atom is -0.365 e. The van der Waals surface area contributed by atoms with Crippen LogP contribution < -0.4 is 5.32 Å². The molecular weight excluding hydrogens is 416 g/mol. The van der Waals surface area contributed by atoms with Crippen LogP contribution in [0.3, 0.4) is 0 Å². The van der Waals surface area contributed by atoms with Crippen molar-refractivity contribution in [1.29, 1.82) is 0 Å². The normalized spacial score (nSPS) is 21.6. The van der Waals surface area contributed by atoms with Crippen LogP contribution in [0.1, 0.15) is 53.5 Å². The highest BCUT2D eigenvalue weighted by atomic mass is 35.5. The van der Waals surface area contributed by atoms with Gasteiger partial charge in [0.25, 0.3) is 5.91 Å². The second-order valence-electron chi connectivity index (χ2n) is 8.80. The van der Waals surface area contributed by atoms with Crippen LogP contribution in [0.2, 0.25) is 5.02 Å². The molecule has 7 nitrogen and oxygen atoms in total. The number of nitrogens with zero attached hydrogens (tertiary/aromatic N) is 3. The van der Waals surface area contributed by atoms with Gasteiger partial charge in [-0.2, -0.15) is 0 Å². The third kappa shape index (κ3) is 4.48. The zero-order valence-electron chi connectivity index (χ0n) is 17.4. The SMILES string of the molecule is O=C(NCC1CC1)C1CCN(C(=O)c2ncn3c2CO[C@H](c2ccc(Cl)cc2)C3)CC1. The zero-order chi connectivity index (χ0) is 21.4. The van der Waals surface area contributed by atoms with Crippen LogP contribution in [0.5, 0.6) is 0 Å². The van der Waals surface area contributed by atoms with Gasteiger partial charge in [-0.1, -0.05) is 23.7 Å². The Morgan fingerprint density at radius 1 is 1.13 bits per heavy atom. The largest absolute Gasteiger partial charge is 0.365 e. The number of amides is 2. The standard InChI is InChI=1S/C23H27ClN4O3/c24-18-5-3-16(4-6-18)20-12-28-14-26-21(19(28)13-31-20)23(30)27-9-7-17(8-10-27)22(29)25-11-15-1-2-15/h3-6,14-15,17,20H,1-2,7-13H2,(H,25,29)/t20-/m0/s1. The topological polar surface area (TPSA) is 76.5 Å². The number of halogens is 1. The van der Waals surface area contributed by atoms with E-state index in [0.29, 0.717) is 55.7 Å². The second-order valence-corrected chi connectivity index (χ2v) is 9.23. The lowest BCUT2D eigenvalue weighted by atomic mass is 9.95. The number of carbonyl (C=O) groups is 2. The Bertz CT molecular complexity index is 962. The maximum atomic E-state index is 13.1. The fourth-order valence-corrected chi connectivity index (χ4v) is 4.52. The molecule has 1 aromatic heterocycles. The van der Waals surface area contributed by atoms with Gasteiger partial charge in [0, 0.05) is 30.6 Å². The van der Waals surface area contributed by atoms with E-state index in [1.165, 1.54) is 12.8 Å². The number of likely N-dealkylation sites (tertiary alicyclic amines) is 1. The van der Waals surface area contributed by atoms with E-state index in [9.17, 15) is 9.59 Å². The predicted octanol–water partition coefficient (Wildman–Crippen LogP) is 3.19. The van der Waals surface area contributed by atoms with Crippen molar-refractivity contribution in [2.24, 2.45) is 11.8 Å². The van der Waals surface area contributed by atoms with E-state index in [1.54, 1.807) is 6.33 Å². The first kappa shape index (κ1) is 20.5. The van der Waals surface area contributed by atoms with Crippen LogP contribution in [-0.2, 0) is 22.7 Å². The first-order valence-electron chi connectivity index (χ1n) is 11.1. The smallest absolute Gasteiger partial charge is 0.274 e. The summed E-state index contributed by atoms with van der Waals surface area (Å²) in [6, 6.07) is 7.64. The number of nitrogens with one attached hydrogen (secondary N) is 1. The average Bonchev–Trinajstić information content (AvgIpc) is 3.54. The van der Waals surface area contributed by atoms with Gasteiger partial charge >= 0.3 is 0 Å². The van der Waals surface area contributed by atoms with Crippen molar-refractivity contribution >= 4 is 23.4 Å². The Morgan fingerprint density at radius 3 is 2.58 bits per heavy atom. The molecule has 0 unspecified atom stereocenters. The number of carbonyl (C=O) groups excluding carboxylic acids is 2. The van der Waals surface area contributed by atoms with E-state index in [-0.39, 0.29) is 23.8 Å². The summed E-state index contributed by atoms with van der Waals surface area (Å²) in [4.78, 5) is 31.7. The summed E-state index contributed by atoms with van der Waals surface area (Å²) in [5.74, 6) is 0.750. The first-order chi connectivity index (χ1) is 15.1. The Morgan fingerprint density at radius 2 is 1.87 bits per heavy atom. The molecule has 31 heavy (non-hydrogen) atoms. The van der Waals surface area contributed by atoms with Gasteiger partial charge in [-0.15, -0.1) is 0 Å². The van der Waals surface area contributed by atoms with Crippen molar-refractivity contribution in [3.8, 4) is 0 Å². The Hall–Kier alpha value is -2.38. The summed E-state index contributed by atoms with van der Waals surface area (Å²) < 4.78 is 8.05. The Kier molecular flexibility index (Phi) is 5.71. The molecule has 0 spiro atoms. The maximum Gasteiger partial charge on any atom is 0.274 e. The van der Waals surface area contributed by atoms with E-state index in [1.807, 2.05) is 33.7 Å². The molecule has 5 rings (SSSR count). The molecular formula is C23H27ClN4O3. The summed E-state index contributed by atoms with van der Waals surface area (Å²) in [6.07, 6.45) is 5.50. The highest BCUT2D eigenvalue weighted by Gasteiger charge is 2.32. The average molecular weight is 443 g/mol. The summed E-state index contributed by atoms with van der Waals surface area (Å²) >= 11 is 5.98. The van der Waals surface area contributed by atoms with Gasteiger partial charge in [-0.25, -0.2) is 4.98 Å². The molecule has 1 saturated heterocycles. The number of benzene rings is 1. The number of ether oxygens (including phenoxy) is 1. The third-order valence-corrected chi connectivity index (χ3v) is 6.84. The summed E-state index contributed by atoms with van der Waals surface area (Å²) in [7, 11) is 0. The van der Waals surface area contributed by atoms with Crippen LogP contribution in [0.4, 0.5) is 0 Å². The number of fused-ring (bicyclic) bond motifs is 1. The van der Waals surface area contributed by atoms with Crippen LogP contribution in [-0.4, -0.2) is 45.9 Å². The van der Waals surface area contributed by atoms with Crippen LogP contribution in [0.25, 0.3) is 0 Å². The van der Waals surface area contributed by atoms with Gasteiger partial charge in [0.05, 0.1) is 25.2 Å². The van der Waals surface area contributed by atoms with Crippen LogP contribution in [0, 0.1) is 11.8 Å². The molecule has 8 heteroatoms. The van der Waals surface area contributed by atoms with Gasteiger partial charge in [-0.3, -0.25) is 9.59 Å². The molecule has 1 atom stereocenters. The molecule has 164 valence electrons. The fourth-order valence-electron chi connectivity index (χ4n) is 4.39. The van der Waals surface area contributed by atoms with Gasteiger partial charge < -0.3 is 19.5 Å². The molecule has 3 aliphatic rings. The highest BCUT2D eigenvalue weighted by molar-refractivity contribution is 6.30. The fraction of sp³-hybridized carbons (Fsp3) is 0.522. The monoisotopic (exact) mass is 442 g/mol. The minimum absolute atomic E-state index is 0.00202. The predicted molar refractivity (Wildman–Crippen MR) is 116 cm³/mol. The summed E-state index contributed by atoms with van der Waals surface area (Å²) in [6.45, 7) is 2.92.